The van der Waals surface area contributed by atoms with Gasteiger partial charge in [0.2, 0.25) is 15.8 Å². The predicted octanol–water partition coefficient (Wildman–Crippen LogP) is 1.56. The highest BCUT2D eigenvalue weighted by molar-refractivity contribution is 7.89. The lowest BCUT2D eigenvalue weighted by Gasteiger charge is -2.16. The van der Waals surface area contributed by atoms with Crippen molar-refractivity contribution in [3.05, 3.63) is 35.8 Å². The molecule has 1 fully saturated rings. The number of hydrogen-bond acceptors (Lipinski definition) is 8. The molecule has 1 unspecified atom stereocenters. The number of carbonyl (C=O) groups is 1. The number of aryl methyl sites for hydroxylation is 1. The van der Waals surface area contributed by atoms with Crippen molar-refractivity contribution in [1.82, 2.24) is 9.62 Å². The third kappa shape index (κ3) is 5.17. The van der Waals surface area contributed by atoms with Gasteiger partial charge in [0.05, 0.1) is 14.2 Å². The number of amides is 1. The topological polar surface area (TPSA) is 128 Å². The van der Waals surface area contributed by atoms with E-state index in [4.69, 9.17) is 18.6 Å². The number of carbonyl (C=O) groups excluding carboxylic acids is 1. The lowest BCUT2D eigenvalue weighted by Crippen LogP contribution is -2.35. The smallest absolute Gasteiger partial charge is 0.287 e. The molecule has 2 aromatic rings. The molecule has 176 valence electrons. The molecule has 3 rings (SSSR count). The van der Waals surface area contributed by atoms with E-state index in [1.54, 1.807) is 18.2 Å². The highest BCUT2D eigenvalue weighted by atomic mass is 32.2. The number of rotatable bonds is 10. The summed E-state index contributed by atoms with van der Waals surface area (Å²) in [6.45, 7) is 2.14. The van der Waals surface area contributed by atoms with Crippen molar-refractivity contribution in [1.29, 1.82) is 0 Å². The molecular formula is C21H28N2O8S. The molecule has 0 bridgehead atoms. The predicted molar refractivity (Wildman–Crippen MR) is 115 cm³/mol. The van der Waals surface area contributed by atoms with Crippen LogP contribution in [0.4, 0.5) is 0 Å². The van der Waals surface area contributed by atoms with Crippen LogP contribution >= 0.6 is 0 Å². The number of benzene rings is 1. The first kappa shape index (κ1) is 23.9. The van der Waals surface area contributed by atoms with Crippen molar-refractivity contribution in [3.63, 3.8) is 0 Å². The Balaban J connectivity index is 1.58. The zero-order valence-corrected chi connectivity index (χ0v) is 19.1. The highest BCUT2D eigenvalue weighted by Crippen LogP contribution is 2.36. The summed E-state index contributed by atoms with van der Waals surface area (Å²) < 4.78 is 48.3. The van der Waals surface area contributed by atoms with Gasteiger partial charge in [0.25, 0.3) is 5.91 Å². The van der Waals surface area contributed by atoms with E-state index >= 15 is 0 Å². The molecule has 1 aromatic carbocycles. The maximum Gasteiger partial charge on any atom is 0.287 e. The van der Waals surface area contributed by atoms with Crippen molar-refractivity contribution < 1.29 is 36.9 Å². The van der Waals surface area contributed by atoms with E-state index in [9.17, 15) is 18.3 Å². The van der Waals surface area contributed by atoms with E-state index < -0.39 is 22.0 Å². The zero-order chi connectivity index (χ0) is 23.3. The van der Waals surface area contributed by atoms with Gasteiger partial charge in [-0.1, -0.05) is 6.07 Å². The van der Waals surface area contributed by atoms with Gasteiger partial charge in [0.1, 0.15) is 23.4 Å². The molecule has 1 atom stereocenters. The van der Waals surface area contributed by atoms with Crippen LogP contribution in [0.3, 0.4) is 0 Å². The van der Waals surface area contributed by atoms with E-state index in [0.717, 1.165) is 12.8 Å². The monoisotopic (exact) mass is 468 g/mol. The molecule has 32 heavy (non-hydrogen) atoms. The molecule has 11 heteroatoms. The van der Waals surface area contributed by atoms with Gasteiger partial charge in [-0.25, -0.2) is 8.42 Å². The Labute approximate surface area is 187 Å². The number of para-hydroxylation sites is 1. The van der Waals surface area contributed by atoms with Gasteiger partial charge in [0.15, 0.2) is 17.3 Å². The molecule has 1 aromatic heterocycles. The molecule has 2 N–H and O–H groups in total. The first-order valence-corrected chi connectivity index (χ1v) is 11.6. The van der Waals surface area contributed by atoms with Crippen LogP contribution in [0, 0.1) is 6.92 Å². The highest BCUT2D eigenvalue weighted by Gasteiger charge is 2.31. The quantitative estimate of drug-likeness (QED) is 0.538. The summed E-state index contributed by atoms with van der Waals surface area (Å²) in [5.74, 6) is 0.594. The third-order valence-electron chi connectivity index (χ3n) is 5.08. The maximum absolute atomic E-state index is 12.7. The normalized spacial score (nSPS) is 15.4. The lowest BCUT2D eigenvalue weighted by atomic mass is 10.3. The Morgan fingerprint density at radius 2 is 1.84 bits per heavy atom. The van der Waals surface area contributed by atoms with Crippen LogP contribution in [0.2, 0.25) is 0 Å². The van der Waals surface area contributed by atoms with Crippen molar-refractivity contribution in [3.8, 4) is 17.2 Å². The van der Waals surface area contributed by atoms with Crippen molar-refractivity contribution in [2.75, 3.05) is 40.5 Å². The number of nitrogens with one attached hydrogen (secondary N) is 1. The Kier molecular flexibility index (Phi) is 7.64. The number of aliphatic hydroxyl groups is 1. The van der Waals surface area contributed by atoms with Crippen molar-refractivity contribution in [2.45, 2.75) is 30.8 Å². The van der Waals surface area contributed by atoms with Gasteiger partial charge in [-0.15, -0.1) is 0 Å². The minimum Gasteiger partial charge on any atom is -0.493 e. The van der Waals surface area contributed by atoms with Crippen LogP contribution < -0.4 is 19.5 Å². The van der Waals surface area contributed by atoms with Gasteiger partial charge in [0, 0.05) is 25.7 Å². The fourth-order valence-electron chi connectivity index (χ4n) is 3.40. The molecule has 0 radical (unpaired) electrons. The minimum atomic E-state index is -3.70. The standard InChI is InChI=1S/C21H28N2O8S/c1-14-19(32(26,27)23-9-4-5-10-23)11-18(31-14)21(25)22-12-15(24)13-30-20-16(28-2)7-6-8-17(20)29-3/h6-8,11,15,24H,4-5,9-10,12-13H2,1-3H3,(H,22,25). The summed E-state index contributed by atoms with van der Waals surface area (Å²) in [6.07, 6.45) is 0.575. The average molecular weight is 469 g/mol. The molecule has 0 saturated carbocycles. The summed E-state index contributed by atoms with van der Waals surface area (Å²) >= 11 is 0. The maximum atomic E-state index is 12.7. The number of sulfonamides is 1. The van der Waals surface area contributed by atoms with E-state index in [-0.39, 0.29) is 29.6 Å². The average Bonchev–Trinajstić information content (AvgIpc) is 3.46. The zero-order valence-electron chi connectivity index (χ0n) is 18.3. The number of furan rings is 1. The fraction of sp³-hybridized carbons (Fsp3) is 0.476. The molecule has 0 aliphatic carbocycles. The van der Waals surface area contributed by atoms with Gasteiger partial charge in [-0.3, -0.25) is 4.79 Å². The molecule has 1 saturated heterocycles. The second-order valence-corrected chi connectivity index (χ2v) is 9.22. The SMILES string of the molecule is COc1cccc(OC)c1OCC(O)CNC(=O)c1cc(S(=O)(=O)N2CCCC2)c(C)o1. The van der Waals surface area contributed by atoms with Crippen LogP contribution in [-0.2, 0) is 10.0 Å². The molecule has 1 amide bonds. The fourth-order valence-corrected chi connectivity index (χ4v) is 5.07. The van der Waals surface area contributed by atoms with Crippen molar-refractivity contribution >= 4 is 15.9 Å². The summed E-state index contributed by atoms with van der Waals surface area (Å²) in [5.41, 5.74) is 0. The minimum absolute atomic E-state index is 0.0169. The molecule has 1 aliphatic rings. The van der Waals surface area contributed by atoms with E-state index in [1.807, 2.05) is 0 Å². The number of aliphatic hydroxyl groups excluding tert-OH is 1. The summed E-state index contributed by atoms with van der Waals surface area (Å²) in [7, 11) is -0.724. The second kappa shape index (κ2) is 10.2. The van der Waals surface area contributed by atoms with Crippen LogP contribution in [0.1, 0.15) is 29.2 Å². The van der Waals surface area contributed by atoms with Gasteiger partial charge in [-0.2, -0.15) is 4.31 Å². The number of methoxy groups -OCH3 is 2. The molecule has 0 spiro atoms. The lowest BCUT2D eigenvalue weighted by molar-refractivity contribution is 0.0812. The Morgan fingerprint density at radius 1 is 1.22 bits per heavy atom. The summed E-state index contributed by atoms with van der Waals surface area (Å²) in [5, 5.41) is 12.7. The molecule has 2 heterocycles. The van der Waals surface area contributed by atoms with Crippen LogP contribution in [0.15, 0.2) is 33.6 Å². The largest absolute Gasteiger partial charge is 0.493 e. The van der Waals surface area contributed by atoms with E-state index in [1.165, 1.54) is 31.5 Å². The van der Waals surface area contributed by atoms with E-state index in [0.29, 0.717) is 30.3 Å². The number of ether oxygens (including phenoxy) is 3. The van der Waals surface area contributed by atoms with Crippen molar-refractivity contribution in [2.24, 2.45) is 0 Å². The third-order valence-corrected chi connectivity index (χ3v) is 7.09. The van der Waals surface area contributed by atoms with Gasteiger partial charge < -0.3 is 29.1 Å². The molecule has 10 nitrogen and oxygen atoms in total. The van der Waals surface area contributed by atoms with E-state index in [2.05, 4.69) is 5.32 Å². The Hall–Kier alpha value is -2.76. The summed E-state index contributed by atoms with van der Waals surface area (Å²) in [6, 6.07) is 6.35. The molecular weight excluding hydrogens is 440 g/mol. The summed E-state index contributed by atoms with van der Waals surface area (Å²) in [4.78, 5) is 12.4. The second-order valence-electron chi connectivity index (χ2n) is 7.31. The Morgan fingerprint density at radius 3 is 2.44 bits per heavy atom. The number of hydrogen-bond donors (Lipinski definition) is 2. The molecule has 1 aliphatic heterocycles. The van der Waals surface area contributed by atoms with Crippen LogP contribution in [0.25, 0.3) is 0 Å². The van der Waals surface area contributed by atoms with Gasteiger partial charge in [-0.05, 0) is 31.9 Å². The van der Waals surface area contributed by atoms with Crippen LogP contribution in [-0.4, -0.2) is 70.3 Å². The first-order chi connectivity index (χ1) is 15.3. The van der Waals surface area contributed by atoms with Gasteiger partial charge >= 0.3 is 0 Å². The Bertz CT molecular complexity index is 1020. The number of nitrogens with zero attached hydrogens (tertiary/aromatic N) is 1. The first-order valence-electron chi connectivity index (χ1n) is 10.2. The van der Waals surface area contributed by atoms with Crippen LogP contribution in [0.5, 0.6) is 17.2 Å².